The van der Waals surface area contributed by atoms with Crippen LogP contribution in [0.25, 0.3) is 11.0 Å². The number of benzene rings is 2. The lowest BCUT2D eigenvalue weighted by Crippen LogP contribution is -2.27. The molecule has 0 spiro atoms. The van der Waals surface area contributed by atoms with Crippen LogP contribution in [0.5, 0.6) is 0 Å². The Morgan fingerprint density at radius 2 is 1.91 bits per heavy atom. The number of hydrogen-bond acceptors (Lipinski definition) is 4. The molecule has 0 saturated carbocycles. The largest absolute Gasteiger partial charge is 0.350 e. The van der Waals surface area contributed by atoms with Crippen LogP contribution in [-0.2, 0) is 27.8 Å². The number of nitrogens with one attached hydrogen (secondary N) is 1. The van der Waals surface area contributed by atoms with Gasteiger partial charge in [-0.15, -0.1) is 0 Å². The van der Waals surface area contributed by atoms with Crippen molar-refractivity contribution < 1.29 is 13.2 Å². The van der Waals surface area contributed by atoms with Gasteiger partial charge in [0.15, 0.2) is 0 Å². The van der Waals surface area contributed by atoms with Crippen LogP contribution in [0.2, 0.25) is 0 Å². The van der Waals surface area contributed by atoms with E-state index in [2.05, 4.69) is 16.8 Å². The van der Waals surface area contributed by atoms with Crippen LogP contribution < -0.4 is 5.32 Å². The van der Waals surface area contributed by atoms with Gasteiger partial charge in [0, 0.05) is 33.5 Å². The molecule has 3 rings (SSSR count). The lowest BCUT2D eigenvalue weighted by atomic mass is 10.0. The molecule has 0 aliphatic rings. The minimum atomic E-state index is -3.54. The molecule has 1 amide bonds. The summed E-state index contributed by atoms with van der Waals surface area (Å²) in [4.78, 5) is 17.6. The van der Waals surface area contributed by atoms with Crippen molar-refractivity contribution in [3.8, 4) is 0 Å². The maximum Gasteiger partial charge on any atom is 0.242 e. The van der Waals surface area contributed by atoms with E-state index in [1.54, 1.807) is 12.1 Å². The molecule has 8 heteroatoms. The number of amides is 1. The standard InChI is InChI=1S/C25H34N4O3S/c1-6-7-16-29-23-13-12-20(33(31,32)28(4)5)17-22(23)27-24(29)14-15-25(30)26-19(3)21-11-9-8-10-18(21)2/h8-13,17,19H,6-7,14-16H2,1-5H3,(H,26,30). The zero-order valence-electron chi connectivity index (χ0n) is 20.1. The molecular formula is C25H34N4O3S. The number of aromatic nitrogens is 2. The normalized spacial score (nSPS) is 12.9. The molecule has 0 aliphatic heterocycles. The second-order valence-electron chi connectivity index (χ2n) is 8.62. The smallest absolute Gasteiger partial charge is 0.242 e. The highest BCUT2D eigenvalue weighted by Gasteiger charge is 2.20. The summed E-state index contributed by atoms with van der Waals surface area (Å²) in [5.41, 5.74) is 3.79. The Labute approximate surface area is 196 Å². The third-order valence-corrected chi connectivity index (χ3v) is 7.73. The monoisotopic (exact) mass is 470 g/mol. The van der Waals surface area contributed by atoms with Gasteiger partial charge in [-0.25, -0.2) is 17.7 Å². The Hall–Kier alpha value is -2.71. The zero-order chi connectivity index (χ0) is 24.2. The first-order valence-corrected chi connectivity index (χ1v) is 12.9. The summed E-state index contributed by atoms with van der Waals surface area (Å²) in [5, 5.41) is 3.08. The summed E-state index contributed by atoms with van der Waals surface area (Å²) < 4.78 is 28.4. The van der Waals surface area contributed by atoms with Gasteiger partial charge in [0.25, 0.3) is 0 Å². The third kappa shape index (κ3) is 5.62. The van der Waals surface area contributed by atoms with Gasteiger partial charge in [0.2, 0.25) is 15.9 Å². The molecule has 2 aromatic carbocycles. The van der Waals surface area contributed by atoms with Crippen molar-refractivity contribution >= 4 is 27.0 Å². The van der Waals surface area contributed by atoms with Crippen LogP contribution >= 0.6 is 0 Å². The van der Waals surface area contributed by atoms with E-state index in [1.807, 2.05) is 44.2 Å². The van der Waals surface area contributed by atoms with Crippen molar-refractivity contribution in [3.05, 3.63) is 59.4 Å². The average molecular weight is 471 g/mol. The van der Waals surface area contributed by atoms with Gasteiger partial charge in [-0.3, -0.25) is 4.79 Å². The molecule has 178 valence electrons. The van der Waals surface area contributed by atoms with E-state index in [1.165, 1.54) is 18.4 Å². The van der Waals surface area contributed by atoms with Crippen molar-refractivity contribution in [2.75, 3.05) is 14.1 Å². The van der Waals surface area contributed by atoms with Crippen molar-refractivity contribution in [1.29, 1.82) is 0 Å². The van der Waals surface area contributed by atoms with Gasteiger partial charge in [0.05, 0.1) is 22.0 Å². The Morgan fingerprint density at radius 3 is 2.58 bits per heavy atom. The van der Waals surface area contributed by atoms with Crippen LogP contribution in [0.4, 0.5) is 0 Å². The molecule has 1 aromatic heterocycles. The van der Waals surface area contributed by atoms with Gasteiger partial charge >= 0.3 is 0 Å². The summed E-state index contributed by atoms with van der Waals surface area (Å²) in [7, 11) is -0.508. The third-order valence-electron chi connectivity index (χ3n) is 5.92. The van der Waals surface area contributed by atoms with E-state index >= 15 is 0 Å². The van der Waals surface area contributed by atoms with Crippen LogP contribution in [-0.4, -0.2) is 42.3 Å². The van der Waals surface area contributed by atoms with Gasteiger partial charge < -0.3 is 9.88 Å². The molecule has 0 radical (unpaired) electrons. The first-order valence-electron chi connectivity index (χ1n) is 11.4. The number of sulfonamides is 1. The Morgan fingerprint density at radius 1 is 1.18 bits per heavy atom. The maximum absolute atomic E-state index is 12.7. The number of imidazole rings is 1. The molecule has 7 nitrogen and oxygen atoms in total. The minimum Gasteiger partial charge on any atom is -0.350 e. The molecule has 0 bridgehead atoms. The van der Waals surface area contributed by atoms with Gasteiger partial charge in [-0.2, -0.15) is 0 Å². The number of nitrogens with zero attached hydrogens (tertiary/aromatic N) is 3. The number of rotatable bonds is 10. The van der Waals surface area contributed by atoms with E-state index in [-0.39, 0.29) is 16.8 Å². The predicted molar refractivity (Wildman–Crippen MR) is 132 cm³/mol. The van der Waals surface area contributed by atoms with Crippen molar-refractivity contribution in [2.45, 2.75) is 63.9 Å². The van der Waals surface area contributed by atoms with Gasteiger partial charge in [-0.05, 0) is 49.6 Å². The molecule has 0 aliphatic carbocycles. The van der Waals surface area contributed by atoms with E-state index < -0.39 is 10.0 Å². The Balaban J connectivity index is 1.81. The van der Waals surface area contributed by atoms with Crippen LogP contribution in [0.3, 0.4) is 0 Å². The first kappa shape index (κ1) is 24.9. The zero-order valence-corrected chi connectivity index (χ0v) is 20.9. The fourth-order valence-electron chi connectivity index (χ4n) is 3.98. The highest BCUT2D eigenvalue weighted by atomic mass is 32.2. The number of hydrogen-bond donors (Lipinski definition) is 1. The lowest BCUT2D eigenvalue weighted by Gasteiger charge is -2.16. The summed E-state index contributed by atoms with van der Waals surface area (Å²) in [6, 6.07) is 13.0. The molecule has 1 heterocycles. The number of unbranched alkanes of at least 4 members (excludes halogenated alkanes) is 1. The lowest BCUT2D eigenvalue weighted by molar-refractivity contribution is -0.121. The Kier molecular flexibility index (Phi) is 7.92. The molecule has 33 heavy (non-hydrogen) atoms. The molecule has 1 atom stereocenters. The highest BCUT2D eigenvalue weighted by molar-refractivity contribution is 7.89. The average Bonchev–Trinajstić information content (AvgIpc) is 3.12. The quantitative estimate of drug-likeness (QED) is 0.481. The maximum atomic E-state index is 12.7. The second-order valence-corrected chi connectivity index (χ2v) is 10.8. The topological polar surface area (TPSA) is 84.3 Å². The summed E-state index contributed by atoms with van der Waals surface area (Å²) in [6.45, 7) is 6.94. The highest BCUT2D eigenvalue weighted by Crippen LogP contribution is 2.24. The van der Waals surface area contributed by atoms with E-state index in [4.69, 9.17) is 4.98 Å². The van der Waals surface area contributed by atoms with Crippen molar-refractivity contribution in [2.24, 2.45) is 0 Å². The molecule has 3 aromatic rings. The number of carbonyl (C=O) groups excluding carboxylic acids is 1. The molecule has 0 fully saturated rings. The van der Waals surface area contributed by atoms with E-state index in [9.17, 15) is 13.2 Å². The van der Waals surface area contributed by atoms with Crippen LogP contribution in [0.1, 0.15) is 56.1 Å². The van der Waals surface area contributed by atoms with E-state index in [0.717, 1.165) is 41.9 Å². The molecule has 0 saturated heterocycles. The van der Waals surface area contributed by atoms with Crippen LogP contribution in [0, 0.1) is 6.92 Å². The van der Waals surface area contributed by atoms with Gasteiger partial charge in [0.1, 0.15) is 5.82 Å². The van der Waals surface area contributed by atoms with Gasteiger partial charge in [-0.1, -0.05) is 37.6 Å². The molecular weight excluding hydrogens is 436 g/mol. The fourth-order valence-corrected chi connectivity index (χ4v) is 4.90. The predicted octanol–water partition coefficient (Wildman–Crippen LogP) is 4.21. The number of fused-ring (bicyclic) bond motifs is 1. The summed E-state index contributed by atoms with van der Waals surface area (Å²) in [5.74, 6) is 0.771. The number of aryl methyl sites for hydroxylation is 3. The van der Waals surface area contributed by atoms with Crippen molar-refractivity contribution in [3.63, 3.8) is 0 Å². The summed E-state index contributed by atoms with van der Waals surface area (Å²) >= 11 is 0. The fraction of sp³-hybridized carbons (Fsp3) is 0.440. The summed E-state index contributed by atoms with van der Waals surface area (Å²) in [6.07, 6.45) is 2.81. The molecule has 1 unspecified atom stereocenters. The SMILES string of the molecule is CCCCn1c(CCC(=O)NC(C)c2ccccc2C)nc2cc(S(=O)(=O)N(C)C)ccc21. The number of carbonyl (C=O) groups is 1. The van der Waals surface area contributed by atoms with E-state index in [0.29, 0.717) is 18.4 Å². The Bertz CT molecular complexity index is 1230. The second kappa shape index (κ2) is 10.5. The minimum absolute atomic E-state index is 0.0317. The molecule has 1 N–H and O–H groups in total. The van der Waals surface area contributed by atoms with Crippen LogP contribution in [0.15, 0.2) is 47.4 Å². The van der Waals surface area contributed by atoms with Crippen molar-refractivity contribution in [1.82, 2.24) is 19.2 Å². The first-order chi connectivity index (χ1) is 15.6.